The molecule has 0 aliphatic heterocycles. The van der Waals surface area contributed by atoms with Crippen LogP contribution in [0.5, 0.6) is 0 Å². The monoisotopic (exact) mass is 379 g/mol. The van der Waals surface area contributed by atoms with E-state index < -0.39 is 28.8 Å². The van der Waals surface area contributed by atoms with Crippen molar-refractivity contribution >= 4 is 35.9 Å². The summed E-state index contributed by atoms with van der Waals surface area (Å²) in [5.74, 6) is -0.490. The number of halogens is 4. The van der Waals surface area contributed by atoms with E-state index in [-0.39, 0.29) is 17.2 Å². The zero-order valence-electron chi connectivity index (χ0n) is 12.3. The second-order valence-electron chi connectivity index (χ2n) is 5.01. The van der Waals surface area contributed by atoms with Crippen LogP contribution in [0.15, 0.2) is 28.7 Å². The molecule has 4 nitrogen and oxygen atoms in total. The maximum atomic E-state index is 12.9. The molecule has 1 aromatic heterocycles. The molecule has 1 atom stereocenters. The van der Waals surface area contributed by atoms with Crippen molar-refractivity contribution in [1.29, 1.82) is 0 Å². The van der Waals surface area contributed by atoms with Crippen LogP contribution < -0.4 is 5.32 Å². The van der Waals surface area contributed by atoms with Crippen molar-refractivity contribution in [2.45, 2.75) is 24.9 Å². The summed E-state index contributed by atoms with van der Waals surface area (Å²) in [5, 5.41) is 11.5. The normalized spacial score (nSPS) is 12.9. The molecule has 1 unspecified atom stereocenters. The number of benzene rings is 1. The van der Waals surface area contributed by atoms with Crippen LogP contribution in [0.25, 0.3) is 0 Å². The average molecular weight is 380 g/mol. The molecule has 24 heavy (non-hydrogen) atoms. The van der Waals surface area contributed by atoms with Gasteiger partial charge in [-0.2, -0.15) is 25.8 Å². The van der Waals surface area contributed by atoms with Gasteiger partial charge in [-0.15, -0.1) is 0 Å². The van der Waals surface area contributed by atoms with Crippen molar-refractivity contribution in [3.8, 4) is 0 Å². The van der Waals surface area contributed by atoms with E-state index in [0.717, 1.165) is 12.1 Å². The van der Waals surface area contributed by atoms with Gasteiger partial charge < -0.3 is 14.8 Å². The standard InChI is InChI=1S/C15H13ClF3NO3S/c1-7-4-8(6-24)13(23-7)12(14(21)22)20-9-2-3-11(16)10(5-9)15(17,18)19/h2-5,12,20,24H,6H2,1H3,(H,21,22). The molecule has 2 aromatic rings. The van der Waals surface area contributed by atoms with Crippen LogP contribution in [-0.2, 0) is 16.7 Å². The molecule has 0 fully saturated rings. The van der Waals surface area contributed by atoms with Gasteiger partial charge >= 0.3 is 12.1 Å². The van der Waals surface area contributed by atoms with Crippen molar-refractivity contribution in [2.75, 3.05) is 5.32 Å². The van der Waals surface area contributed by atoms with Crippen molar-refractivity contribution in [1.82, 2.24) is 0 Å². The first-order valence-corrected chi connectivity index (χ1v) is 7.70. The maximum Gasteiger partial charge on any atom is 0.417 e. The molecule has 0 saturated heterocycles. The highest BCUT2D eigenvalue weighted by atomic mass is 35.5. The van der Waals surface area contributed by atoms with Crippen LogP contribution in [0.1, 0.15) is 28.7 Å². The van der Waals surface area contributed by atoms with E-state index >= 15 is 0 Å². The fourth-order valence-electron chi connectivity index (χ4n) is 2.19. The molecule has 9 heteroatoms. The van der Waals surface area contributed by atoms with Gasteiger partial charge in [-0.3, -0.25) is 0 Å². The Morgan fingerprint density at radius 3 is 2.62 bits per heavy atom. The zero-order valence-corrected chi connectivity index (χ0v) is 14.0. The van der Waals surface area contributed by atoms with Crippen LogP contribution in [0.3, 0.4) is 0 Å². The molecule has 1 aromatic carbocycles. The van der Waals surface area contributed by atoms with Gasteiger partial charge in [-0.1, -0.05) is 11.6 Å². The van der Waals surface area contributed by atoms with Crippen molar-refractivity contribution < 1.29 is 27.5 Å². The number of nitrogens with one attached hydrogen (secondary N) is 1. The van der Waals surface area contributed by atoms with Crippen LogP contribution in [0, 0.1) is 6.92 Å². The Balaban J connectivity index is 2.40. The van der Waals surface area contributed by atoms with Crippen molar-refractivity contribution in [2.24, 2.45) is 0 Å². The molecule has 0 bridgehead atoms. The van der Waals surface area contributed by atoms with Crippen LogP contribution in [0.4, 0.5) is 18.9 Å². The number of hydrogen-bond donors (Lipinski definition) is 3. The summed E-state index contributed by atoms with van der Waals surface area (Å²) in [6, 6.07) is 3.35. The predicted molar refractivity (Wildman–Crippen MR) is 86.6 cm³/mol. The second kappa shape index (κ2) is 6.98. The number of carbonyl (C=O) groups is 1. The largest absolute Gasteiger partial charge is 0.479 e. The third-order valence-electron chi connectivity index (χ3n) is 3.23. The van der Waals surface area contributed by atoms with Crippen LogP contribution in [-0.4, -0.2) is 11.1 Å². The van der Waals surface area contributed by atoms with Gasteiger partial charge in [-0.05, 0) is 31.2 Å². The predicted octanol–water partition coefficient (Wildman–Crippen LogP) is 4.93. The lowest BCUT2D eigenvalue weighted by Gasteiger charge is -2.17. The number of aryl methyl sites for hydroxylation is 1. The molecule has 130 valence electrons. The highest BCUT2D eigenvalue weighted by molar-refractivity contribution is 7.79. The van der Waals surface area contributed by atoms with E-state index in [1.165, 1.54) is 6.07 Å². The number of thiol groups is 1. The zero-order chi connectivity index (χ0) is 18.1. The minimum absolute atomic E-state index is 0.0432. The summed E-state index contributed by atoms with van der Waals surface area (Å²) in [6.07, 6.45) is -4.65. The number of carboxylic acid groups (broad SMARTS) is 1. The number of anilines is 1. The Morgan fingerprint density at radius 2 is 2.08 bits per heavy atom. The van der Waals surface area contributed by atoms with Gasteiger partial charge in [0.25, 0.3) is 0 Å². The number of hydrogen-bond acceptors (Lipinski definition) is 4. The van der Waals surface area contributed by atoms with Crippen LogP contribution >= 0.6 is 24.2 Å². The number of rotatable bonds is 5. The Bertz CT molecular complexity index is 761. The molecule has 0 spiro atoms. The molecular formula is C15H13ClF3NO3S. The van der Waals surface area contributed by atoms with Gasteiger partial charge in [0.05, 0.1) is 10.6 Å². The summed E-state index contributed by atoms with van der Waals surface area (Å²) < 4.78 is 44.1. The van der Waals surface area contributed by atoms with Gasteiger partial charge in [0.15, 0.2) is 6.04 Å². The fraction of sp³-hybridized carbons (Fsp3) is 0.267. The Hall–Kier alpha value is -1.80. The van der Waals surface area contributed by atoms with E-state index in [4.69, 9.17) is 16.0 Å². The first-order chi connectivity index (χ1) is 11.1. The molecule has 0 radical (unpaired) electrons. The quantitative estimate of drug-likeness (QED) is 0.645. The Morgan fingerprint density at radius 1 is 1.42 bits per heavy atom. The lowest BCUT2D eigenvalue weighted by Crippen LogP contribution is -2.21. The number of aliphatic carboxylic acids is 1. The summed E-state index contributed by atoms with van der Waals surface area (Å²) in [6.45, 7) is 1.64. The average Bonchev–Trinajstić information content (AvgIpc) is 2.85. The minimum atomic E-state index is -4.65. The third-order valence-corrected chi connectivity index (χ3v) is 3.90. The lowest BCUT2D eigenvalue weighted by molar-refractivity contribution is -0.138. The highest BCUT2D eigenvalue weighted by Gasteiger charge is 2.34. The molecule has 0 amide bonds. The molecule has 1 heterocycles. The highest BCUT2D eigenvalue weighted by Crippen LogP contribution is 2.37. The summed E-state index contributed by atoms with van der Waals surface area (Å²) in [5.41, 5.74) is -0.553. The van der Waals surface area contributed by atoms with Gasteiger partial charge in [0, 0.05) is 17.0 Å². The number of carboxylic acids is 1. The molecule has 0 aliphatic carbocycles. The van der Waals surface area contributed by atoms with Crippen molar-refractivity contribution in [3.05, 3.63) is 51.9 Å². The first kappa shape index (κ1) is 18.5. The van der Waals surface area contributed by atoms with Crippen LogP contribution in [0.2, 0.25) is 5.02 Å². The van der Waals surface area contributed by atoms with E-state index in [0.29, 0.717) is 11.3 Å². The summed E-state index contributed by atoms with van der Waals surface area (Å²) >= 11 is 9.66. The number of alkyl halides is 3. The van der Waals surface area contributed by atoms with E-state index in [1.54, 1.807) is 13.0 Å². The smallest absolute Gasteiger partial charge is 0.417 e. The van der Waals surface area contributed by atoms with Gasteiger partial charge in [-0.25, -0.2) is 4.79 Å². The maximum absolute atomic E-state index is 12.9. The Kier molecular flexibility index (Phi) is 5.39. The topological polar surface area (TPSA) is 62.5 Å². The lowest BCUT2D eigenvalue weighted by atomic mass is 10.1. The number of furan rings is 1. The molecule has 2 N–H and O–H groups in total. The first-order valence-electron chi connectivity index (χ1n) is 6.69. The minimum Gasteiger partial charge on any atom is -0.479 e. The molecule has 0 aliphatic rings. The van der Waals surface area contributed by atoms with Crippen molar-refractivity contribution in [3.63, 3.8) is 0 Å². The molecule has 0 saturated carbocycles. The van der Waals surface area contributed by atoms with E-state index in [2.05, 4.69) is 17.9 Å². The second-order valence-corrected chi connectivity index (χ2v) is 5.74. The molecule has 2 rings (SSSR count). The summed E-state index contributed by atoms with van der Waals surface area (Å²) in [4.78, 5) is 11.5. The van der Waals surface area contributed by atoms with Gasteiger partial charge in [0.2, 0.25) is 0 Å². The third kappa shape index (κ3) is 3.99. The molecular weight excluding hydrogens is 367 g/mol. The van der Waals surface area contributed by atoms with Gasteiger partial charge in [0.1, 0.15) is 11.5 Å². The fourth-order valence-corrected chi connectivity index (χ4v) is 2.66. The SMILES string of the molecule is Cc1cc(CS)c(C(Nc2ccc(Cl)c(C(F)(F)F)c2)C(=O)O)o1. The van der Waals surface area contributed by atoms with E-state index in [1.807, 2.05) is 0 Å². The van der Waals surface area contributed by atoms with E-state index in [9.17, 15) is 23.1 Å². The Labute approximate surface area is 146 Å². The summed E-state index contributed by atoms with van der Waals surface area (Å²) in [7, 11) is 0.